The van der Waals surface area contributed by atoms with Crippen LogP contribution in [-0.2, 0) is 16.0 Å². The molecule has 1 aliphatic heterocycles. The highest BCUT2D eigenvalue weighted by atomic mass is 35.5. The van der Waals surface area contributed by atoms with Crippen LogP contribution in [0, 0.1) is 6.92 Å². The van der Waals surface area contributed by atoms with Crippen molar-refractivity contribution in [2.45, 2.75) is 31.7 Å². The number of hydrogen-bond acceptors (Lipinski definition) is 4. The van der Waals surface area contributed by atoms with E-state index in [0.29, 0.717) is 32.6 Å². The van der Waals surface area contributed by atoms with E-state index in [1.807, 2.05) is 19.1 Å². The van der Waals surface area contributed by atoms with E-state index in [1.165, 1.54) is 5.56 Å². The van der Waals surface area contributed by atoms with E-state index in [0.717, 1.165) is 17.7 Å². The minimum absolute atomic E-state index is 0. The zero-order valence-corrected chi connectivity index (χ0v) is 14.0. The molecule has 0 saturated carbocycles. The number of hydrogen-bond donors (Lipinski definition) is 2. The number of rotatable bonds is 5. The smallest absolute Gasteiger partial charge is 0.240 e. The summed E-state index contributed by atoms with van der Waals surface area (Å²) in [4.78, 5) is 12.2. The molecule has 22 heavy (non-hydrogen) atoms. The third-order valence-electron chi connectivity index (χ3n) is 3.95. The number of methoxy groups -OCH3 is 1. The summed E-state index contributed by atoms with van der Waals surface area (Å²) in [5.74, 6) is 0.765. The highest BCUT2D eigenvalue weighted by Gasteiger charge is 2.35. The molecule has 124 valence electrons. The quantitative estimate of drug-likeness (QED) is 0.861. The van der Waals surface area contributed by atoms with Gasteiger partial charge in [0.1, 0.15) is 5.75 Å². The van der Waals surface area contributed by atoms with Crippen LogP contribution in [-0.4, -0.2) is 38.3 Å². The molecule has 1 fully saturated rings. The minimum atomic E-state index is -0.783. The first-order valence-electron chi connectivity index (χ1n) is 7.33. The second-order valence-corrected chi connectivity index (χ2v) is 5.59. The second kappa shape index (κ2) is 8.36. The SMILES string of the molecule is COc1ccc(C)cc1CCNC(=O)C1(N)CCOCC1.Cl. The monoisotopic (exact) mass is 328 g/mol. The Kier molecular flexibility index (Phi) is 7.13. The number of ether oxygens (including phenoxy) is 2. The van der Waals surface area contributed by atoms with Gasteiger partial charge in [-0.3, -0.25) is 4.79 Å². The molecule has 0 aliphatic carbocycles. The summed E-state index contributed by atoms with van der Waals surface area (Å²) >= 11 is 0. The van der Waals surface area contributed by atoms with Gasteiger partial charge >= 0.3 is 0 Å². The van der Waals surface area contributed by atoms with Crippen molar-refractivity contribution in [2.24, 2.45) is 5.73 Å². The van der Waals surface area contributed by atoms with E-state index in [1.54, 1.807) is 7.11 Å². The predicted molar refractivity (Wildman–Crippen MR) is 88.7 cm³/mol. The second-order valence-electron chi connectivity index (χ2n) is 5.59. The summed E-state index contributed by atoms with van der Waals surface area (Å²) in [6.07, 6.45) is 1.88. The number of nitrogens with one attached hydrogen (secondary N) is 1. The van der Waals surface area contributed by atoms with Gasteiger partial charge < -0.3 is 20.5 Å². The minimum Gasteiger partial charge on any atom is -0.496 e. The number of amides is 1. The van der Waals surface area contributed by atoms with Crippen molar-refractivity contribution in [3.63, 3.8) is 0 Å². The fourth-order valence-electron chi connectivity index (χ4n) is 2.55. The van der Waals surface area contributed by atoms with Gasteiger partial charge in [0.05, 0.1) is 12.6 Å². The predicted octanol–water partition coefficient (Wildman–Crippen LogP) is 1.59. The largest absolute Gasteiger partial charge is 0.496 e. The fraction of sp³-hybridized carbons (Fsp3) is 0.562. The van der Waals surface area contributed by atoms with Crippen molar-refractivity contribution in [2.75, 3.05) is 26.9 Å². The Morgan fingerprint density at radius 1 is 1.41 bits per heavy atom. The lowest BCUT2D eigenvalue weighted by molar-refractivity contribution is -0.129. The Morgan fingerprint density at radius 3 is 2.73 bits per heavy atom. The maximum absolute atomic E-state index is 12.2. The number of benzene rings is 1. The number of carbonyl (C=O) groups is 1. The molecule has 0 unspecified atom stereocenters. The highest BCUT2D eigenvalue weighted by Crippen LogP contribution is 2.20. The van der Waals surface area contributed by atoms with E-state index < -0.39 is 5.54 Å². The Morgan fingerprint density at radius 2 is 2.09 bits per heavy atom. The van der Waals surface area contributed by atoms with Crippen molar-refractivity contribution in [3.05, 3.63) is 29.3 Å². The Bertz CT molecular complexity index is 502. The van der Waals surface area contributed by atoms with E-state index in [4.69, 9.17) is 15.2 Å². The lowest BCUT2D eigenvalue weighted by Crippen LogP contribution is -2.57. The molecule has 1 aliphatic rings. The Balaban J connectivity index is 0.00000242. The van der Waals surface area contributed by atoms with Gasteiger partial charge in [0.2, 0.25) is 5.91 Å². The Hall–Kier alpha value is -1.30. The van der Waals surface area contributed by atoms with Gasteiger partial charge in [-0.2, -0.15) is 0 Å². The molecule has 1 heterocycles. The van der Waals surface area contributed by atoms with Gasteiger partial charge in [-0.25, -0.2) is 0 Å². The molecule has 2 rings (SSSR count). The van der Waals surface area contributed by atoms with Gasteiger partial charge in [-0.1, -0.05) is 17.7 Å². The zero-order chi connectivity index (χ0) is 15.3. The van der Waals surface area contributed by atoms with Crippen molar-refractivity contribution < 1.29 is 14.3 Å². The molecule has 1 aromatic rings. The first kappa shape index (κ1) is 18.7. The van der Waals surface area contributed by atoms with Gasteiger partial charge in [-0.05, 0) is 37.8 Å². The fourth-order valence-corrected chi connectivity index (χ4v) is 2.55. The number of carbonyl (C=O) groups excluding carboxylic acids is 1. The molecule has 0 bridgehead atoms. The third-order valence-corrected chi connectivity index (χ3v) is 3.95. The molecule has 6 heteroatoms. The standard InChI is InChI=1S/C16H24N2O3.ClH/c1-12-3-4-14(20-2)13(11-12)5-8-18-15(19)16(17)6-9-21-10-7-16;/h3-4,11H,5-10,17H2,1-2H3,(H,18,19);1H. The van der Waals surface area contributed by atoms with Crippen LogP contribution < -0.4 is 15.8 Å². The molecular formula is C16H25ClN2O3. The van der Waals surface area contributed by atoms with Gasteiger partial charge in [-0.15, -0.1) is 12.4 Å². The van der Waals surface area contributed by atoms with E-state index in [-0.39, 0.29) is 18.3 Å². The highest BCUT2D eigenvalue weighted by molar-refractivity contribution is 5.86. The van der Waals surface area contributed by atoms with Crippen LogP contribution in [0.2, 0.25) is 0 Å². The van der Waals surface area contributed by atoms with Crippen LogP contribution in [0.4, 0.5) is 0 Å². The summed E-state index contributed by atoms with van der Waals surface area (Å²) < 4.78 is 10.6. The van der Waals surface area contributed by atoms with Gasteiger partial charge in [0.15, 0.2) is 0 Å². The van der Waals surface area contributed by atoms with Crippen LogP contribution >= 0.6 is 12.4 Å². The number of aryl methyl sites for hydroxylation is 1. The molecule has 5 nitrogen and oxygen atoms in total. The normalized spacial score (nSPS) is 16.5. The van der Waals surface area contributed by atoms with Crippen LogP contribution in [0.15, 0.2) is 18.2 Å². The molecule has 1 aromatic carbocycles. The molecule has 0 spiro atoms. The maximum atomic E-state index is 12.2. The first-order chi connectivity index (χ1) is 10.0. The Labute approximate surface area is 138 Å². The summed E-state index contributed by atoms with van der Waals surface area (Å²) in [5, 5.41) is 2.94. The molecular weight excluding hydrogens is 304 g/mol. The lowest BCUT2D eigenvalue weighted by atomic mass is 9.90. The molecule has 0 atom stereocenters. The summed E-state index contributed by atoms with van der Waals surface area (Å²) in [6, 6.07) is 6.05. The van der Waals surface area contributed by atoms with Crippen LogP contribution in [0.25, 0.3) is 0 Å². The molecule has 1 amide bonds. The lowest BCUT2D eigenvalue weighted by Gasteiger charge is -2.31. The summed E-state index contributed by atoms with van der Waals surface area (Å²) in [5.41, 5.74) is 7.63. The van der Waals surface area contributed by atoms with Crippen molar-refractivity contribution in [1.82, 2.24) is 5.32 Å². The molecule has 0 aromatic heterocycles. The van der Waals surface area contributed by atoms with E-state index in [2.05, 4.69) is 11.4 Å². The molecule has 0 radical (unpaired) electrons. The summed E-state index contributed by atoms with van der Waals surface area (Å²) in [6.45, 7) is 3.70. The van der Waals surface area contributed by atoms with Crippen LogP contribution in [0.1, 0.15) is 24.0 Å². The van der Waals surface area contributed by atoms with Crippen molar-refractivity contribution in [1.29, 1.82) is 0 Å². The summed E-state index contributed by atoms with van der Waals surface area (Å²) in [7, 11) is 1.66. The average Bonchev–Trinajstić information content (AvgIpc) is 2.48. The van der Waals surface area contributed by atoms with Gasteiger partial charge in [0.25, 0.3) is 0 Å². The first-order valence-corrected chi connectivity index (χ1v) is 7.33. The van der Waals surface area contributed by atoms with E-state index >= 15 is 0 Å². The van der Waals surface area contributed by atoms with Crippen LogP contribution in [0.3, 0.4) is 0 Å². The topological polar surface area (TPSA) is 73.6 Å². The van der Waals surface area contributed by atoms with Crippen molar-refractivity contribution >= 4 is 18.3 Å². The van der Waals surface area contributed by atoms with Gasteiger partial charge in [0, 0.05) is 19.8 Å². The molecule has 3 N–H and O–H groups in total. The third kappa shape index (κ3) is 4.60. The average molecular weight is 329 g/mol. The van der Waals surface area contributed by atoms with E-state index in [9.17, 15) is 4.79 Å². The van der Waals surface area contributed by atoms with Crippen LogP contribution in [0.5, 0.6) is 5.75 Å². The van der Waals surface area contributed by atoms with Crippen molar-refractivity contribution in [3.8, 4) is 5.75 Å². The molecule has 1 saturated heterocycles. The number of halogens is 1. The zero-order valence-electron chi connectivity index (χ0n) is 13.2. The number of nitrogens with two attached hydrogens (primary N) is 1. The maximum Gasteiger partial charge on any atom is 0.240 e.